The van der Waals surface area contributed by atoms with Gasteiger partial charge in [0.05, 0.1) is 11.8 Å². The van der Waals surface area contributed by atoms with Gasteiger partial charge in [-0.3, -0.25) is 4.98 Å². The van der Waals surface area contributed by atoms with E-state index in [-0.39, 0.29) is 6.10 Å². The molecule has 130 valence electrons. The van der Waals surface area contributed by atoms with Crippen molar-refractivity contribution in [3.8, 4) is 0 Å². The highest BCUT2D eigenvalue weighted by atomic mass is 16.3. The third kappa shape index (κ3) is 3.16. The number of fused-ring (bicyclic) bond motifs is 1. The molecular formula is C20H24N4O. The molecular weight excluding hydrogens is 312 g/mol. The lowest BCUT2D eigenvalue weighted by Gasteiger charge is -2.19. The SMILES string of the molecule is Cc1cccc(CC(O)C2CCC(n3ccc4c(C)ncnc43)C2)n1. The van der Waals surface area contributed by atoms with Gasteiger partial charge in [0, 0.05) is 35.4 Å². The largest absolute Gasteiger partial charge is 0.392 e. The number of pyridine rings is 1. The topological polar surface area (TPSA) is 63.8 Å². The third-order valence-electron chi connectivity index (χ3n) is 5.46. The van der Waals surface area contributed by atoms with Gasteiger partial charge in [0.15, 0.2) is 0 Å². The van der Waals surface area contributed by atoms with Crippen LogP contribution in [0, 0.1) is 19.8 Å². The Morgan fingerprint density at radius 3 is 2.92 bits per heavy atom. The molecule has 1 fully saturated rings. The summed E-state index contributed by atoms with van der Waals surface area (Å²) in [5.41, 5.74) is 4.01. The number of aliphatic hydroxyl groups excluding tert-OH is 1. The van der Waals surface area contributed by atoms with Crippen LogP contribution in [0.3, 0.4) is 0 Å². The Kier molecular flexibility index (Phi) is 4.25. The molecule has 5 nitrogen and oxygen atoms in total. The van der Waals surface area contributed by atoms with Crippen LogP contribution in [0.1, 0.15) is 42.4 Å². The van der Waals surface area contributed by atoms with E-state index in [0.29, 0.717) is 18.4 Å². The molecule has 1 aliphatic rings. The van der Waals surface area contributed by atoms with E-state index in [0.717, 1.165) is 47.4 Å². The van der Waals surface area contributed by atoms with Crippen molar-refractivity contribution in [3.05, 3.63) is 53.9 Å². The van der Waals surface area contributed by atoms with Gasteiger partial charge in [-0.25, -0.2) is 9.97 Å². The third-order valence-corrected chi connectivity index (χ3v) is 5.46. The molecule has 1 N–H and O–H groups in total. The average molecular weight is 336 g/mol. The standard InChI is InChI=1S/C20H24N4O/c1-13-4-3-5-16(23-13)11-19(25)15-6-7-17(10-15)24-9-8-18-14(2)21-12-22-20(18)24/h3-5,8-9,12,15,17,19,25H,6-7,10-11H2,1-2H3. The first-order valence-electron chi connectivity index (χ1n) is 9.00. The molecule has 3 unspecified atom stereocenters. The molecule has 3 aromatic rings. The average Bonchev–Trinajstić information content (AvgIpc) is 3.22. The molecule has 1 aliphatic carbocycles. The highest BCUT2D eigenvalue weighted by Gasteiger charge is 2.31. The summed E-state index contributed by atoms with van der Waals surface area (Å²) in [6.45, 7) is 4.01. The zero-order valence-corrected chi connectivity index (χ0v) is 14.8. The molecule has 4 rings (SSSR count). The molecule has 3 heterocycles. The van der Waals surface area contributed by atoms with Crippen LogP contribution in [0.5, 0.6) is 0 Å². The lowest BCUT2D eigenvalue weighted by Crippen LogP contribution is -2.21. The van der Waals surface area contributed by atoms with E-state index in [9.17, 15) is 5.11 Å². The smallest absolute Gasteiger partial charge is 0.143 e. The van der Waals surface area contributed by atoms with Crippen LogP contribution in [0.25, 0.3) is 11.0 Å². The van der Waals surface area contributed by atoms with Crippen LogP contribution in [0.2, 0.25) is 0 Å². The molecule has 0 spiro atoms. The molecule has 5 heteroatoms. The first-order valence-corrected chi connectivity index (χ1v) is 9.00. The number of rotatable bonds is 4. The van der Waals surface area contributed by atoms with E-state index in [4.69, 9.17) is 0 Å². The summed E-state index contributed by atoms with van der Waals surface area (Å²) < 4.78 is 2.27. The van der Waals surface area contributed by atoms with Crippen molar-refractivity contribution >= 4 is 11.0 Å². The highest BCUT2D eigenvalue weighted by Crippen LogP contribution is 2.38. The van der Waals surface area contributed by atoms with Gasteiger partial charge in [0.1, 0.15) is 12.0 Å². The predicted molar refractivity (Wildman–Crippen MR) is 97.3 cm³/mol. The maximum absolute atomic E-state index is 10.7. The Morgan fingerprint density at radius 2 is 2.08 bits per heavy atom. The maximum atomic E-state index is 10.7. The van der Waals surface area contributed by atoms with Gasteiger partial charge in [-0.15, -0.1) is 0 Å². The second kappa shape index (κ2) is 6.56. The summed E-state index contributed by atoms with van der Waals surface area (Å²) in [6, 6.07) is 8.50. The zero-order chi connectivity index (χ0) is 17.4. The fourth-order valence-corrected chi connectivity index (χ4v) is 4.08. The van der Waals surface area contributed by atoms with E-state index in [1.807, 2.05) is 32.0 Å². The molecule has 0 aliphatic heterocycles. The minimum Gasteiger partial charge on any atom is -0.392 e. The number of aryl methyl sites for hydroxylation is 2. The molecule has 0 aromatic carbocycles. The molecule has 3 atom stereocenters. The van der Waals surface area contributed by atoms with Crippen LogP contribution in [-0.4, -0.2) is 30.7 Å². The maximum Gasteiger partial charge on any atom is 0.143 e. The molecule has 25 heavy (non-hydrogen) atoms. The summed E-state index contributed by atoms with van der Waals surface area (Å²) in [7, 11) is 0. The van der Waals surface area contributed by atoms with Gasteiger partial charge >= 0.3 is 0 Å². The van der Waals surface area contributed by atoms with Gasteiger partial charge in [0.25, 0.3) is 0 Å². The minimum atomic E-state index is -0.336. The first-order chi connectivity index (χ1) is 12.1. The molecule has 0 bridgehead atoms. The van der Waals surface area contributed by atoms with E-state index in [2.05, 4.69) is 31.8 Å². The lowest BCUT2D eigenvalue weighted by molar-refractivity contribution is 0.108. The Bertz CT molecular complexity index is 888. The summed E-state index contributed by atoms with van der Waals surface area (Å²) in [5.74, 6) is 0.313. The Hall–Kier alpha value is -2.27. The minimum absolute atomic E-state index is 0.313. The first kappa shape index (κ1) is 16.2. The molecule has 0 saturated heterocycles. The number of hydrogen-bond donors (Lipinski definition) is 1. The van der Waals surface area contributed by atoms with Crippen molar-refractivity contribution in [2.45, 2.75) is 51.7 Å². The molecule has 0 amide bonds. The van der Waals surface area contributed by atoms with Crippen LogP contribution in [0.15, 0.2) is 36.8 Å². The summed E-state index contributed by atoms with van der Waals surface area (Å²) in [5, 5.41) is 11.8. The van der Waals surface area contributed by atoms with E-state index < -0.39 is 0 Å². The number of hydrogen-bond acceptors (Lipinski definition) is 4. The normalized spacial score (nSPS) is 21.7. The van der Waals surface area contributed by atoms with E-state index >= 15 is 0 Å². The Labute approximate surface area is 147 Å². The second-order valence-corrected chi connectivity index (χ2v) is 7.19. The lowest BCUT2D eigenvalue weighted by atomic mass is 9.96. The molecule has 1 saturated carbocycles. The monoisotopic (exact) mass is 336 g/mol. The van der Waals surface area contributed by atoms with Gasteiger partial charge < -0.3 is 9.67 Å². The van der Waals surface area contributed by atoms with Crippen molar-refractivity contribution in [2.24, 2.45) is 5.92 Å². The van der Waals surface area contributed by atoms with Crippen molar-refractivity contribution in [1.82, 2.24) is 19.5 Å². The van der Waals surface area contributed by atoms with Crippen molar-refractivity contribution in [2.75, 3.05) is 0 Å². The van der Waals surface area contributed by atoms with Gasteiger partial charge in [-0.05, 0) is 57.2 Å². The fourth-order valence-electron chi connectivity index (χ4n) is 4.08. The number of aromatic nitrogens is 4. The van der Waals surface area contributed by atoms with Crippen molar-refractivity contribution in [1.29, 1.82) is 0 Å². The van der Waals surface area contributed by atoms with E-state index in [1.54, 1.807) is 6.33 Å². The fraction of sp³-hybridized carbons (Fsp3) is 0.450. The zero-order valence-electron chi connectivity index (χ0n) is 14.8. The van der Waals surface area contributed by atoms with E-state index in [1.165, 1.54) is 0 Å². The summed E-state index contributed by atoms with van der Waals surface area (Å²) in [4.78, 5) is 13.3. The Balaban J connectivity index is 1.48. The second-order valence-electron chi connectivity index (χ2n) is 7.19. The Morgan fingerprint density at radius 1 is 1.20 bits per heavy atom. The number of nitrogens with zero attached hydrogens (tertiary/aromatic N) is 4. The summed E-state index contributed by atoms with van der Waals surface area (Å²) >= 11 is 0. The highest BCUT2D eigenvalue weighted by molar-refractivity contribution is 5.78. The molecule has 0 radical (unpaired) electrons. The van der Waals surface area contributed by atoms with Crippen molar-refractivity contribution < 1.29 is 5.11 Å². The quantitative estimate of drug-likeness (QED) is 0.793. The van der Waals surface area contributed by atoms with Crippen LogP contribution in [0.4, 0.5) is 0 Å². The van der Waals surface area contributed by atoms with Gasteiger partial charge in [0.2, 0.25) is 0 Å². The number of aliphatic hydroxyl groups is 1. The van der Waals surface area contributed by atoms with Gasteiger partial charge in [-0.1, -0.05) is 6.07 Å². The molecule has 3 aromatic heterocycles. The van der Waals surface area contributed by atoms with Crippen molar-refractivity contribution in [3.63, 3.8) is 0 Å². The van der Waals surface area contributed by atoms with Crippen LogP contribution < -0.4 is 0 Å². The van der Waals surface area contributed by atoms with Gasteiger partial charge in [-0.2, -0.15) is 0 Å². The van der Waals surface area contributed by atoms with Crippen LogP contribution >= 0.6 is 0 Å². The van der Waals surface area contributed by atoms with Crippen LogP contribution in [-0.2, 0) is 6.42 Å². The summed E-state index contributed by atoms with van der Waals surface area (Å²) in [6.07, 6.45) is 7.16. The predicted octanol–water partition coefficient (Wildman–Crippen LogP) is 3.39.